The van der Waals surface area contributed by atoms with Gasteiger partial charge in [-0.05, 0) is 0 Å². The summed E-state index contributed by atoms with van der Waals surface area (Å²) in [6.07, 6.45) is -0.608. The van der Waals surface area contributed by atoms with Gasteiger partial charge >= 0.3 is 0 Å². The van der Waals surface area contributed by atoms with Gasteiger partial charge in [-0.3, -0.25) is 4.99 Å². The molecule has 1 heterocycles. The highest BCUT2D eigenvalue weighted by Crippen LogP contribution is 2.22. The summed E-state index contributed by atoms with van der Waals surface area (Å²) in [6, 6.07) is 0. The predicted molar refractivity (Wildman–Crippen MR) is 50.3 cm³/mol. The fourth-order valence-corrected chi connectivity index (χ4v) is 2.57. The van der Waals surface area contributed by atoms with Crippen LogP contribution in [-0.2, 0) is 0 Å². The molecule has 64 valence electrons. The topological polar surface area (TPSA) is 52.8 Å². The molecule has 0 aromatic heterocycles. The molecule has 0 spiro atoms. The van der Waals surface area contributed by atoms with Crippen LogP contribution in [0.3, 0.4) is 0 Å². The minimum Gasteiger partial charge on any atom is -0.394 e. The average molecular weight is 193 g/mol. The van der Waals surface area contributed by atoms with Crippen LogP contribution < -0.4 is 0 Å². The average Bonchev–Trinajstić information content (AvgIpc) is 2.52. The zero-order chi connectivity index (χ0) is 8.10. The third-order valence-corrected chi connectivity index (χ3v) is 3.57. The van der Waals surface area contributed by atoms with Crippen molar-refractivity contribution in [2.24, 2.45) is 4.99 Å². The van der Waals surface area contributed by atoms with Crippen LogP contribution >= 0.6 is 23.5 Å². The molecule has 1 aliphatic rings. The summed E-state index contributed by atoms with van der Waals surface area (Å²) in [5.74, 6) is 1.60. The molecular weight excluding hydrogens is 182 g/mol. The predicted octanol–water partition coefficient (Wildman–Crippen LogP) is 0.176. The van der Waals surface area contributed by atoms with Gasteiger partial charge in [0.15, 0.2) is 0 Å². The van der Waals surface area contributed by atoms with E-state index in [1.54, 1.807) is 11.8 Å². The van der Waals surface area contributed by atoms with Crippen molar-refractivity contribution in [3.05, 3.63) is 0 Å². The van der Waals surface area contributed by atoms with Gasteiger partial charge in [0.1, 0.15) is 4.38 Å². The van der Waals surface area contributed by atoms with Gasteiger partial charge < -0.3 is 10.2 Å². The molecular formula is C6H11NO2S2. The summed E-state index contributed by atoms with van der Waals surface area (Å²) in [5.41, 5.74) is 0. The SMILES string of the molecule is OCC(O)CSC1=NCCS1. The second kappa shape index (κ2) is 5.03. The lowest BCUT2D eigenvalue weighted by atomic mass is 10.4. The van der Waals surface area contributed by atoms with Crippen molar-refractivity contribution in [2.75, 3.05) is 24.7 Å². The molecule has 0 aromatic carbocycles. The number of rotatable bonds is 3. The highest BCUT2D eigenvalue weighted by atomic mass is 32.2. The first-order valence-corrected chi connectivity index (χ1v) is 5.39. The molecule has 11 heavy (non-hydrogen) atoms. The number of aliphatic hydroxyl groups excluding tert-OH is 2. The maximum Gasteiger partial charge on any atom is 0.124 e. The van der Waals surface area contributed by atoms with Crippen molar-refractivity contribution < 1.29 is 10.2 Å². The first-order chi connectivity index (χ1) is 5.33. The zero-order valence-corrected chi connectivity index (χ0v) is 7.70. The van der Waals surface area contributed by atoms with Crippen LogP contribution in [0, 0.1) is 0 Å². The van der Waals surface area contributed by atoms with Crippen molar-refractivity contribution in [3.8, 4) is 0 Å². The highest BCUT2D eigenvalue weighted by Gasteiger charge is 2.09. The van der Waals surface area contributed by atoms with Crippen LogP contribution in [0.25, 0.3) is 0 Å². The number of aliphatic hydroxyl groups is 2. The molecule has 0 saturated heterocycles. The van der Waals surface area contributed by atoms with E-state index in [0.717, 1.165) is 16.7 Å². The molecule has 0 aliphatic carbocycles. The number of hydrogen-bond acceptors (Lipinski definition) is 5. The van der Waals surface area contributed by atoms with Crippen molar-refractivity contribution in [1.82, 2.24) is 0 Å². The molecule has 2 N–H and O–H groups in total. The molecule has 1 aliphatic heterocycles. The third-order valence-electron chi connectivity index (χ3n) is 1.17. The minimum atomic E-state index is -0.608. The second-order valence-electron chi connectivity index (χ2n) is 2.14. The van der Waals surface area contributed by atoms with Crippen molar-refractivity contribution in [1.29, 1.82) is 0 Å². The Hall–Kier alpha value is 0.290. The van der Waals surface area contributed by atoms with Gasteiger partial charge in [0, 0.05) is 11.5 Å². The summed E-state index contributed by atoms with van der Waals surface area (Å²) >= 11 is 3.23. The lowest BCUT2D eigenvalue weighted by Crippen LogP contribution is -2.15. The van der Waals surface area contributed by atoms with Gasteiger partial charge in [0.2, 0.25) is 0 Å². The smallest absolute Gasteiger partial charge is 0.124 e. The van der Waals surface area contributed by atoms with E-state index in [4.69, 9.17) is 10.2 Å². The Balaban J connectivity index is 2.11. The van der Waals surface area contributed by atoms with Crippen LogP contribution in [0.15, 0.2) is 4.99 Å². The normalized spacial score (nSPS) is 20.0. The fraction of sp³-hybridized carbons (Fsp3) is 0.833. The Bertz CT molecular complexity index is 152. The monoisotopic (exact) mass is 193 g/mol. The Kier molecular flexibility index (Phi) is 4.29. The molecule has 3 nitrogen and oxygen atoms in total. The molecule has 0 saturated carbocycles. The Labute approximate surface area is 74.3 Å². The lowest BCUT2D eigenvalue weighted by molar-refractivity contribution is 0.114. The zero-order valence-electron chi connectivity index (χ0n) is 6.06. The summed E-state index contributed by atoms with van der Waals surface area (Å²) < 4.78 is 1.04. The molecule has 1 rings (SSSR count). The number of thioether (sulfide) groups is 2. The summed E-state index contributed by atoms with van der Waals surface area (Å²) in [6.45, 7) is 0.729. The third kappa shape index (κ3) is 3.46. The second-order valence-corrected chi connectivity index (χ2v) is 4.49. The Morgan fingerprint density at radius 1 is 1.73 bits per heavy atom. The van der Waals surface area contributed by atoms with Crippen LogP contribution in [0.4, 0.5) is 0 Å². The largest absolute Gasteiger partial charge is 0.394 e. The van der Waals surface area contributed by atoms with E-state index >= 15 is 0 Å². The summed E-state index contributed by atoms with van der Waals surface area (Å²) in [5, 5.41) is 17.5. The van der Waals surface area contributed by atoms with Gasteiger partial charge in [-0.1, -0.05) is 23.5 Å². The standard InChI is InChI=1S/C6H11NO2S2/c8-3-5(9)4-11-6-7-1-2-10-6/h5,8-9H,1-4H2. The maximum absolute atomic E-state index is 8.98. The summed E-state index contributed by atoms with van der Waals surface area (Å²) in [4.78, 5) is 4.19. The van der Waals surface area contributed by atoms with Crippen LogP contribution in [0.1, 0.15) is 0 Å². The van der Waals surface area contributed by atoms with E-state index in [-0.39, 0.29) is 6.61 Å². The lowest BCUT2D eigenvalue weighted by Gasteiger charge is -2.04. The van der Waals surface area contributed by atoms with Crippen molar-refractivity contribution in [2.45, 2.75) is 6.10 Å². The molecule has 0 radical (unpaired) electrons. The molecule has 0 aromatic rings. The molecule has 5 heteroatoms. The van der Waals surface area contributed by atoms with E-state index in [1.807, 2.05) is 0 Å². The van der Waals surface area contributed by atoms with E-state index in [2.05, 4.69) is 4.99 Å². The number of aliphatic imine (C=N–C) groups is 1. The number of nitrogens with zero attached hydrogens (tertiary/aromatic N) is 1. The summed E-state index contributed by atoms with van der Waals surface area (Å²) in [7, 11) is 0. The van der Waals surface area contributed by atoms with E-state index in [9.17, 15) is 0 Å². The fourth-order valence-electron chi connectivity index (χ4n) is 0.623. The van der Waals surface area contributed by atoms with Crippen LogP contribution in [0.2, 0.25) is 0 Å². The van der Waals surface area contributed by atoms with E-state index in [0.29, 0.717) is 5.75 Å². The van der Waals surface area contributed by atoms with Crippen LogP contribution in [-0.4, -0.2) is 45.4 Å². The van der Waals surface area contributed by atoms with Gasteiger partial charge in [-0.25, -0.2) is 0 Å². The first kappa shape index (κ1) is 9.38. The molecule has 0 fully saturated rings. The quantitative estimate of drug-likeness (QED) is 0.671. The first-order valence-electron chi connectivity index (χ1n) is 3.42. The van der Waals surface area contributed by atoms with Crippen molar-refractivity contribution >= 4 is 27.9 Å². The van der Waals surface area contributed by atoms with Gasteiger partial charge in [0.05, 0.1) is 19.3 Å². The van der Waals surface area contributed by atoms with Crippen LogP contribution in [0.5, 0.6) is 0 Å². The van der Waals surface area contributed by atoms with E-state index in [1.165, 1.54) is 11.8 Å². The van der Waals surface area contributed by atoms with E-state index < -0.39 is 6.10 Å². The van der Waals surface area contributed by atoms with Crippen molar-refractivity contribution in [3.63, 3.8) is 0 Å². The molecule has 0 amide bonds. The highest BCUT2D eigenvalue weighted by molar-refractivity contribution is 8.39. The maximum atomic E-state index is 8.98. The number of hydrogen-bond donors (Lipinski definition) is 2. The Morgan fingerprint density at radius 2 is 2.55 bits per heavy atom. The van der Waals surface area contributed by atoms with Gasteiger partial charge in [-0.2, -0.15) is 0 Å². The molecule has 0 bridgehead atoms. The van der Waals surface area contributed by atoms with Gasteiger partial charge in [-0.15, -0.1) is 0 Å². The molecule has 1 unspecified atom stereocenters. The van der Waals surface area contributed by atoms with Gasteiger partial charge in [0.25, 0.3) is 0 Å². The minimum absolute atomic E-state index is 0.162. The Morgan fingerprint density at radius 3 is 3.09 bits per heavy atom. The molecule has 1 atom stereocenters.